The second-order valence-corrected chi connectivity index (χ2v) is 5.48. The molecule has 2 heteroatoms. The van der Waals surface area contributed by atoms with Crippen LogP contribution in [0, 0.1) is 6.92 Å². The van der Waals surface area contributed by atoms with Gasteiger partial charge in [0.15, 0.2) is 0 Å². The number of hydrogen-bond donors (Lipinski definition) is 1. The molecular formula is C14H20N2. The molecule has 2 nitrogen and oxygen atoms in total. The SMILES string of the molecule is CCc1c(C)cc2[nH]ncc2c1C(C)(C)C. The van der Waals surface area contributed by atoms with E-state index in [0.29, 0.717) is 0 Å². The molecule has 0 spiro atoms. The van der Waals surface area contributed by atoms with Crippen molar-refractivity contribution in [1.82, 2.24) is 10.2 Å². The number of aryl methyl sites for hydroxylation is 1. The van der Waals surface area contributed by atoms with E-state index in [-0.39, 0.29) is 5.41 Å². The highest BCUT2D eigenvalue weighted by Gasteiger charge is 2.22. The number of aromatic amines is 1. The molecule has 0 bridgehead atoms. The number of hydrogen-bond acceptors (Lipinski definition) is 1. The maximum absolute atomic E-state index is 4.17. The van der Waals surface area contributed by atoms with Crippen LogP contribution >= 0.6 is 0 Å². The Kier molecular flexibility index (Phi) is 2.53. The first-order valence-electron chi connectivity index (χ1n) is 5.91. The molecule has 2 rings (SSSR count). The Morgan fingerprint density at radius 2 is 2.00 bits per heavy atom. The van der Waals surface area contributed by atoms with Crippen LogP contribution in [0.1, 0.15) is 44.4 Å². The number of rotatable bonds is 1. The smallest absolute Gasteiger partial charge is 0.0656 e. The summed E-state index contributed by atoms with van der Waals surface area (Å²) in [5.41, 5.74) is 5.60. The largest absolute Gasteiger partial charge is 0.278 e. The third-order valence-corrected chi connectivity index (χ3v) is 3.18. The van der Waals surface area contributed by atoms with Crippen molar-refractivity contribution in [2.45, 2.75) is 46.5 Å². The lowest BCUT2D eigenvalue weighted by Crippen LogP contribution is -2.15. The molecule has 2 aromatic rings. The molecule has 0 radical (unpaired) electrons. The Bertz CT molecular complexity index is 515. The summed E-state index contributed by atoms with van der Waals surface area (Å²) in [6.45, 7) is 11.2. The topological polar surface area (TPSA) is 28.7 Å². The molecule has 86 valence electrons. The van der Waals surface area contributed by atoms with Crippen LogP contribution in [0.5, 0.6) is 0 Å². The third kappa shape index (κ3) is 1.62. The summed E-state index contributed by atoms with van der Waals surface area (Å²) in [5, 5.41) is 8.51. The predicted octanol–water partition coefficient (Wildman–Crippen LogP) is 3.73. The molecule has 0 saturated carbocycles. The van der Waals surface area contributed by atoms with Gasteiger partial charge in [0.05, 0.1) is 11.7 Å². The van der Waals surface area contributed by atoms with Gasteiger partial charge in [0, 0.05) is 5.39 Å². The van der Waals surface area contributed by atoms with Crippen molar-refractivity contribution in [3.63, 3.8) is 0 Å². The summed E-state index contributed by atoms with van der Waals surface area (Å²) in [4.78, 5) is 0. The van der Waals surface area contributed by atoms with Crippen molar-refractivity contribution >= 4 is 10.9 Å². The highest BCUT2D eigenvalue weighted by atomic mass is 15.1. The maximum atomic E-state index is 4.17. The Balaban J connectivity index is 2.88. The van der Waals surface area contributed by atoms with Crippen molar-refractivity contribution in [3.8, 4) is 0 Å². The number of nitrogens with zero attached hydrogens (tertiary/aromatic N) is 1. The van der Waals surface area contributed by atoms with E-state index < -0.39 is 0 Å². The zero-order valence-electron chi connectivity index (χ0n) is 10.8. The molecule has 1 N–H and O–H groups in total. The zero-order valence-corrected chi connectivity index (χ0v) is 10.8. The Hall–Kier alpha value is -1.31. The molecule has 0 aliphatic rings. The van der Waals surface area contributed by atoms with Crippen molar-refractivity contribution in [2.75, 3.05) is 0 Å². The second kappa shape index (κ2) is 3.62. The fourth-order valence-electron chi connectivity index (χ4n) is 2.58. The molecule has 0 aliphatic heterocycles. The summed E-state index contributed by atoms with van der Waals surface area (Å²) < 4.78 is 0. The van der Waals surface area contributed by atoms with Gasteiger partial charge in [0.25, 0.3) is 0 Å². The van der Waals surface area contributed by atoms with Gasteiger partial charge in [0.2, 0.25) is 0 Å². The van der Waals surface area contributed by atoms with Crippen molar-refractivity contribution in [2.24, 2.45) is 0 Å². The minimum atomic E-state index is 0.166. The van der Waals surface area contributed by atoms with Crippen molar-refractivity contribution in [3.05, 3.63) is 29.0 Å². The lowest BCUT2D eigenvalue weighted by Gasteiger charge is -2.25. The molecule has 0 aliphatic carbocycles. The Morgan fingerprint density at radius 1 is 1.31 bits per heavy atom. The standard InChI is InChI=1S/C14H20N2/c1-6-10-9(2)7-12-11(8-15-16-12)13(10)14(3,4)5/h7-8H,6H2,1-5H3,(H,15,16). The summed E-state index contributed by atoms with van der Waals surface area (Å²) >= 11 is 0. The van der Waals surface area contributed by atoms with E-state index >= 15 is 0 Å². The van der Waals surface area contributed by atoms with Crippen LogP contribution in [0.3, 0.4) is 0 Å². The number of fused-ring (bicyclic) bond motifs is 1. The fourth-order valence-corrected chi connectivity index (χ4v) is 2.58. The van der Waals surface area contributed by atoms with E-state index in [1.165, 1.54) is 22.1 Å². The van der Waals surface area contributed by atoms with Gasteiger partial charge in [-0.1, -0.05) is 27.7 Å². The number of nitrogens with one attached hydrogen (secondary N) is 1. The normalized spacial score (nSPS) is 12.3. The molecule has 0 fully saturated rings. The fraction of sp³-hybridized carbons (Fsp3) is 0.500. The first kappa shape index (κ1) is 11.2. The zero-order chi connectivity index (χ0) is 11.9. The number of aromatic nitrogens is 2. The van der Waals surface area contributed by atoms with Gasteiger partial charge in [-0.3, -0.25) is 5.10 Å². The highest BCUT2D eigenvalue weighted by Crippen LogP contribution is 2.34. The summed E-state index contributed by atoms with van der Waals surface area (Å²) in [5.74, 6) is 0. The van der Waals surface area contributed by atoms with Gasteiger partial charge in [-0.05, 0) is 41.5 Å². The summed E-state index contributed by atoms with van der Waals surface area (Å²) in [7, 11) is 0. The maximum Gasteiger partial charge on any atom is 0.0656 e. The monoisotopic (exact) mass is 216 g/mol. The molecule has 16 heavy (non-hydrogen) atoms. The molecule has 0 atom stereocenters. The molecule has 0 unspecified atom stereocenters. The molecule has 0 amide bonds. The highest BCUT2D eigenvalue weighted by molar-refractivity contribution is 5.85. The Morgan fingerprint density at radius 3 is 2.56 bits per heavy atom. The molecule has 1 heterocycles. The number of benzene rings is 1. The predicted molar refractivity (Wildman–Crippen MR) is 68.9 cm³/mol. The average molecular weight is 216 g/mol. The number of H-pyrrole nitrogens is 1. The van der Waals surface area contributed by atoms with E-state index in [2.05, 4.69) is 50.9 Å². The lowest BCUT2D eigenvalue weighted by molar-refractivity contribution is 0.588. The summed E-state index contributed by atoms with van der Waals surface area (Å²) in [6.07, 6.45) is 3.04. The molecular weight excluding hydrogens is 196 g/mol. The van der Waals surface area contributed by atoms with Crippen LogP contribution in [0.2, 0.25) is 0 Å². The first-order valence-corrected chi connectivity index (χ1v) is 5.91. The van der Waals surface area contributed by atoms with Gasteiger partial charge >= 0.3 is 0 Å². The van der Waals surface area contributed by atoms with Gasteiger partial charge < -0.3 is 0 Å². The Labute approximate surface area is 97.1 Å². The minimum Gasteiger partial charge on any atom is -0.278 e. The molecule has 0 saturated heterocycles. The van der Waals surface area contributed by atoms with E-state index in [4.69, 9.17) is 0 Å². The van der Waals surface area contributed by atoms with Gasteiger partial charge in [-0.15, -0.1) is 0 Å². The average Bonchev–Trinajstić information content (AvgIpc) is 2.60. The van der Waals surface area contributed by atoms with E-state index in [0.717, 1.165) is 11.9 Å². The van der Waals surface area contributed by atoms with E-state index in [1.54, 1.807) is 0 Å². The van der Waals surface area contributed by atoms with Crippen molar-refractivity contribution < 1.29 is 0 Å². The summed E-state index contributed by atoms with van der Waals surface area (Å²) in [6, 6.07) is 2.20. The van der Waals surface area contributed by atoms with Gasteiger partial charge in [0.1, 0.15) is 0 Å². The van der Waals surface area contributed by atoms with Crippen LogP contribution < -0.4 is 0 Å². The third-order valence-electron chi connectivity index (χ3n) is 3.18. The van der Waals surface area contributed by atoms with Crippen molar-refractivity contribution in [1.29, 1.82) is 0 Å². The minimum absolute atomic E-state index is 0.166. The van der Waals surface area contributed by atoms with E-state index in [1.807, 2.05) is 6.20 Å². The second-order valence-electron chi connectivity index (χ2n) is 5.48. The quantitative estimate of drug-likeness (QED) is 0.773. The van der Waals surface area contributed by atoms with Crippen LogP contribution in [-0.2, 0) is 11.8 Å². The van der Waals surface area contributed by atoms with Crippen LogP contribution in [0.4, 0.5) is 0 Å². The van der Waals surface area contributed by atoms with Crippen LogP contribution in [0.15, 0.2) is 12.3 Å². The van der Waals surface area contributed by atoms with E-state index in [9.17, 15) is 0 Å². The van der Waals surface area contributed by atoms with Crippen LogP contribution in [-0.4, -0.2) is 10.2 Å². The van der Waals surface area contributed by atoms with Gasteiger partial charge in [-0.25, -0.2) is 0 Å². The lowest BCUT2D eigenvalue weighted by atomic mass is 9.79. The first-order chi connectivity index (χ1) is 7.45. The van der Waals surface area contributed by atoms with Gasteiger partial charge in [-0.2, -0.15) is 5.10 Å². The van der Waals surface area contributed by atoms with Crippen LogP contribution in [0.25, 0.3) is 10.9 Å². The molecule has 1 aromatic heterocycles. The molecule has 1 aromatic carbocycles.